The number of Topliss-reactive ketones (excluding diaryl/α,β-unsaturated/α-hetero) is 1. The Morgan fingerprint density at radius 2 is 1.86 bits per heavy atom. The summed E-state index contributed by atoms with van der Waals surface area (Å²) in [5.74, 6) is -0.803. The van der Waals surface area contributed by atoms with E-state index in [0.717, 1.165) is 35.5 Å². The van der Waals surface area contributed by atoms with Gasteiger partial charge in [0.15, 0.2) is 0 Å². The van der Waals surface area contributed by atoms with Gasteiger partial charge in [-0.1, -0.05) is 39.3 Å². The molecule has 0 radical (unpaired) electrons. The minimum Gasteiger partial charge on any atom is -0.392 e. The van der Waals surface area contributed by atoms with Crippen LogP contribution in [0.1, 0.15) is 84.3 Å². The zero-order valence-corrected chi connectivity index (χ0v) is 24.1. The summed E-state index contributed by atoms with van der Waals surface area (Å²) in [6.45, 7) is 13.2. The predicted molar refractivity (Wildman–Crippen MR) is 145 cm³/mol. The Balaban J connectivity index is 2.51. The molecule has 8 heteroatoms. The van der Waals surface area contributed by atoms with E-state index in [-0.39, 0.29) is 24.7 Å². The van der Waals surface area contributed by atoms with Gasteiger partial charge in [-0.3, -0.25) is 4.79 Å². The fraction of sp³-hybridized carbons (Fsp3) is 0.714. The Morgan fingerprint density at radius 1 is 1.19 bits per heavy atom. The highest BCUT2D eigenvalue weighted by atomic mass is 32.1. The highest BCUT2D eigenvalue weighted by Crippen LogP contribution is 2.31. The number of carbonyl (C=O) groups excluding carboxylic acids is 1. The van der Waals surface area contributed by atoms with Crippen molar-refractivity contribution in [1.82, 2.24) is 4.98 Å². The lowest BCUT2D eigenvalue weighted by atomic mass is 9.73. The second-order valence-corrected chi connectivity index (χ2v) is 11.6. The number of thiazole rings is 1. The minimum atomic E-state index is -0.998. The molecule has 0 saturated heterocycles. The van der Waals surface area contributed by atoms with E-state index >= 15 is 0 Å². The van der Waals surface area contributed by atoms with Crippen molar-refractivity contribution in [1.29, 1.82) is 0 Å². The third kappa shape index (κ3) is 10.5. The second-order valence-electron chi connectivity index (χ2n) is 10.5. The van der Waals surface area contributed by atoms with Gasteiger partial charge in [0.2, 0.25) is 0 Å². The lowest BCUT2D eigenvalue weighted by Gasteiger charge is -2.34. The van der Waals surface area contributed by atoms with Gasteiger partial charge in [0.1, 0.15) is 5.78 Å². The van der Waals surface area contributed by atoms with Crippen molar-refractivity contribution in [3.63, 3.8) is 0 Å². The summed E-state index contributed by atoms with van der Waals surface area (Å²) in [5, 5.41) is 34.8. The van der Waals surface area contributed by atoms with Crippen LogP contribution >= 0.6 is 11.3 Å². The number of aliphatic hydroxyl groups is 3. The SMILES string of the molecule is COOCCC(O)C(C)(C)C(=O)C(C)C(O)C(C)CCC/C(C)=C\CC(O)/C(C)=C/c1csc(C)n1. The van der Waals surface area contributed by atoms with Gasteiger partial charge in [-0.05, 0) is 64.0 Å². The summed E-state index contributed by atoms with van der Waals surface area (Å²) < 4.78 is 0. The third-order valence-corrected chi connectivity index (χ3v) is 7.82. The molecule has 0 aliphatic heterocycles. The molecule has 0 spiro atoms. The van der Waals surface area contributed by atoms with Crippen molar-refractivity contribution >= 4 is 23.2 Å². The van der Waals surface area contributed by atoms with Crippen LogP contribution in [-0.2, 0) is 14.6 Å². The van der Waals surface area contributed by atoms with E-state index in [1.807, 2.05) is 32.2 Å². The molecule has 0 bridgehead atoms. The molecule has 5 atom stereocenters. The maximum atomic E-state index is 13.1. The molecule has 1 aromatic rings. The van der Waals surface area contributed by atoms with Crippen LogP contribution < -0.4 is 0 Å². The van der Waals surface area contributed by atoms with Crippen LogP contribution in [0.15, 0.2) is 22.6 Å². The first kappa shape index (κ1) is 32.6. The van der Waals surface area contributed by atoms with Gasteiger partial charge in [-0.25, -0.2) is 14.8 Å². The first-order valence-corrected chi connectivity index (χ1v) is 13.7. The maximum Gasteiger partial charge on any atom is 0.146 e. The molecule has 5 unspecified atom stereocenters. The van der Waals surface area contributed by atoms with Crippen molar-refractivity contribution in [3.8, 4) is 0 Å². The molecular formula is C28H47NO6S. The van der Waals surface area contributed by atoms with Gasteiger partial charge in [-0.2, -0.15) is 0 Å². The van der Waals surface area contributed by atoms with Gasteiger partial charge in [0, 0.05) is 23.1 Å². The average molecular weight is 526 g/mol. The molecule has 1 rings (SSSR count). The lowest BCUT2D eigenvalue weighted by molar-refractivity contribution is -0.276. The molecule has 36 heavy (non-hydrogen) atoms. The quantitative estimate of drug-likeness (QED) is 0.110. The van der Waals surface area contributed by atoms with E-state index in [0.29, 0.717) is 6.42 Å². The predicted octanol–water partition coefficient (Wildman–Crippen LogP) is 5.28. The van der Waals surface area contributed by atoms with Gasteiger partial charge >= 0.3 is 0 Å². The number of rotatable bonds is 17. The number of allylic oxidation sites excluding steroid dienone is 1. The molecule has 0 amide bonds. The topological polar surface area (TPSA) is 109 Å². The van der Waals surface area contributed by atoms with Gasteiger partial charge in [0.25, 0.3) is 0 Å². The normalized spacial score (nSPS) is 17.5. The lowest BCUT2D eigenvalue weighted by Crippen LogP contribution is -2.45. The summed E-state index contributed by atoms with van der Waals surface area (Å²) in [5.41, 5.74) is 1.97. The third-order valence-electron chi connectivity index (χ3n) is 7.03. The molecule has 206 valence electrons. The Bertz CT molecular complexity index is 862. The number of nitrogens with zero attached hydrogens (tertiary/aromatic N) is 1. The van der Waals surface area contributed by atoms with Gasteiger partial charge in [-0.15, -0.1) is 11.3 Å². The second kappa shape index (κ2) is 15.7. The van der Waals surface area contributed by atoms with Crippen LogP contribution in [0.25, 0.3) is 6.08 Å². The zero-order chi connectivity index (χ0) is 27.5. The van der Waals surface area contributed by atoms with Crippen LogP contribution in [0, 0.1) is 24.2 Å². The standard InChI is InChI=1S/C28H47NO6S/c1-18(12-13-24(30)20(3)16-23-17-36-22(5)29-23)10-9-11-19(2)26(32)21(4)27(33)28(6,7)25(31)14-15-35-34-8/h12,16-17,19,21,24-26,30-32H,9-11,13-15H2,1-8H3/b18-12-,20-16+. The average Bonchev–Trinajstić information content (AvgIpc) is 3.24. The summed E-state index contributed by atoms with van der Waals surface area (Å²) in [7, 11) is 1.40. The summed E-state index contributed by atoms with van der Waals surface area (Å²) >= 11 is 1.59. The molecule has 0 aliphatic rings. The van der Waals surface area contributed by atoms with E-state index in [1.54, 1.807) is 32.1 Å². The fourth-order valence-electron chi connectivity index (χ4n) is 4.25. The maximum absolute atomic E-state index is 13.1. The van der Waals surface area contributed by atoms with Crippen molar-refractivity contribution in [3.05, 3.63) is 33.3 Å². The molecule has 1 aromatic heterocycles. The van der Waals surface area contributed by atoms with Gasteiger partial charge < -0.3 is 15.3 Å². The number of aliphatic hydroxyl groups excluding tert-OH is 3. The largest absolute Gasteiger partial charge is 0.392 e. The van der Waals surface area contributed by atoms with Crippen LogP contribution in [0.5, 0.6) is 0 Å². The summed E-state index contributed by atoms with van der Waals surface area (Å²) in [4.78, 5) is 26.8. The van der Waals surface area contributed by atoms with Crippen LogP contribution in [0.3, 0.4) is 0 Å². The molecule has 0 aliphatic carbocycles. The molecular weight excluding hydrogens is 478 g/mol. The highest BCUT2D eigenvalue weighted by Gasteiger charge is 2.41. The van der Waals surface area contributed by atoms with Crippen molar-refractivity contribution in [2.75, 3.05) is 13.7 Å². The smallest absolute Gasteiger partial charge is 0.146 e. The Morgan fingerprint density at radius 3 is 2.44 bits per heavy atom. The number of aromatic nitrogens is 1. The molecule has 3 N–H and O–H groups in total. The molecule has 0 saturated carbocycles. The fourth-order valence-corrected chi connectivity index (χ4v) is 4.82. The van der Waals surface area contributed by atoms with Crippen molar-refractivity contribution in [2.24, 2.45) is 17.3 Å². The van der Waals surface area contributed by atoms with Crippen molar-refractivity contribution in [2.45, 2.75) is 98.9 Å². The number of aryl methyl sites for hydroxylation is 1. The van der Waals surface area contributed by atoms with E-state index in [2.05, 4.69) is 22.9 Å². The molecule has 7 nitrogen and oxygen atoms in total. The number of hydrogen-bond acceptors (Lipinski definition) is 8. The molecule has 0 fully saturated rings. The first-order chi connectivity index (χ1) is 16.8. The minimum absolute atomic E-state index is 0.0566. The van der Waals surface area contributed by atoms with E-state index in [1.165, 1.54) is 12.7 Å². The van der Waals surface area contributed by atoms with Crippen molar-refractivity contribution < 1.29 is 29.9 Å². The first-order valence-electron chi connectivity index (χ1n) is 12.8. The molecule has 0 aromatic carbocycles. The van der Waals surface area contributed by atoms with E-state index < -0.39 is 29.6 Å². The van der Waals surface area contributed by atoms with Crippen LogP contribution in [0.4, 0.5) is 0 Å². The number of carbonyl (C=O) groups is 1. The van der Waals surface area contributed by atoms with E-state index in [4.69, 9.17) is 4.89 Å². The Kier molecular flexibility index (Phi) is 14.3. The Labute approximate surface area is 221 Å². The number of hydrogen-bond donors (Lipinski definition) is 3. The highest BCUT2D eigenvalue weighted by molar-refractivity contribution is 7.09. The summed E-state index contributed by atoms with van der Waals surface area (Å²) in [6.07, 6.45) is 5.11. The Hall–Kier alpha value is -1.42. The van der Waals surface area contributed by atoms with Crippen LogP contribution in [0.2, 0.25) is 0 Å². The van der Waals surface area contributed by atoms with E-state index in [9.17, 15) is 20.1 Å². The summed E-state index contributed by atoms with van der Waals surface area (Å²) in [6, 6.07) is 0. The molecule has 1 heterocycles. The zero-order valence-electron chi connectivity index (χ0n) is 23.3. The number of ketones is 1. The van der Waals surface area contributed by atoms with Gasteiger partial charge in [0.05, 0.1) is 42.7 Å². The monoisotopic (exact) mass is 525 g/mol. The van der Waals surface area contributed by atoms with Crippen LogP contribution in [-0.4, -0.2) is 58.1 Å².